The Balaban J connectivity index is 1.68. The molecule has 1 atom stereocenters. The van der Waals surface area contributed by atoms with Crippen LogP contribution in [0.3, 0.4) is 0 Å². The molecule has 2 aromatic carbocycles. The minimum Gasteiger partial charge on any atom is -0.342 e. The Bertz CT molecular complexity index is 1180. The lowest BCUT2D eigenvalue weighted by Gasteiger charge is -2.22. The molecular formula is C24H27Cl2N5O2S. The quantitative estimate of drug-likeness (QED) is 0.362. The fourth-order valence-electron chi connectivity index (χ4n) is 3.38. The number of carbonyl (C=O) groups is 2. The lowest BCUT2D eigenvalue weighted by atomic mass is 10.0. The van der Waals surface area contributed by atoms with Crippen LogP contribution in [0.1, 0.15) is 48.6 Å². The number of halogens is 2. The van der Waals surface area contributed by atoms with E-state index >= 15 is 0 Å². The van der Waals surface area contributed by atoms with E-state index in [0.717, 1.165) is 17.7 Å². The zero-order chi connectivity index (χ0) is 24.8. The van der Waals surface area contributed by atoms with Gasteiger partial charge in [0.25, 0.3) is 5.91 Å². The summed E-state index contributed by atoms with van der Waals surface area (Å²) in [5.74, 6) is 0.419. The Morgan fingerprint density at radius 1 is 1.09 bits per heavy atom. The van der Waals surface area contributed by atoms with E-state index in [1.165, 1.54) is 17.8 Å². The van der Waals surface area contributed by atoms with E-state index in [2.05, 4.69) is 20.8 Å². The van der Waals surface area contributed by atoms with Crippen molar-refractivity contribution >= 4 is 52.5 Å². The van der Waals surface area contributed by atoms with Crippen LogP contribution in [-0.4, -0.2) is 32.3 Å². The van der Waals surface area contributed by atoms with Crippen molar-refractivity contribution in [3.63, 3.8) is 0 Å². The number of amides is 2. The predicted octanol–water partition coefficient (Wildman–Crippen LogP) is 5.54. The molecular weight excluding hydrogens is 493 g/mol. The van der Waals surface area contributed by atoms with Gasteiger partial charge in [-0.15, -0.1) is 10.2 Å². The van der Waals surface area contributed by atoms with Crippen molar-refractivity contribution in [1.82, 2.24) is 20.1 Å². The monoisotopic (exact) mass is 519 g/mol. The number of para-hydroxylation sites is 1. The SMILES string of the molecule is CCc1ccccc1NC(=O)CSc1nnc([C@@H](NC(=O)c2ccc(Cl)c(Cl)c2)C(C)C)n1C. The van der Waals surface area contributed by atoms with Crippen molar-refractivity contribution in [3.05, 3.63) is 69.5 Å². The summed E-state index contributed by atoms with van der Waals surface area (Å²) >= 11 is 13.3. The van der Waals surface area contributed by atoms with Crippen LogP contribution >= 0.6 is 35.0 Å². The summed E-state index contributed by atoms with van der Waals surface area (Å²) in [4.78, 5) is 25.3. The topological polar surface area (TPSA) is 88.9 Å². The predicted molar refractivity (Wildman–Crippen MR) is 138 cm³/mol. The maximum absolute atomic E-state index is 12.8. The van der Waals surface area contributed by atoms with E-state index in [1.807, 2.05) is 52.1 Å². The Hall–Kier alpha value is -2.55. The van der Waals surface area contributed by atoms with Crippen molar-refractivity contribution in [2.45, 2.75) is 38.4 Å². The van der Waals surface area contributed by atoms with Crippen LogP contribution in [0.15, 0.2) is 47.6 Å². The first-order valence-corrected chi connectivity index (χ1v) is 12.6. The first-order valence-electron chi connectivity index (χ1n) is 10.9. The number of hydrogen-bond donors (Lipinski definition) is 2. The van der Waals surface area contributed by atoms with Crippen LogP contribution in [0.5, 0.6) is 0 Å². The van der Waals surface area contributed by atoms with Crippen LogP contribution in [0.4, 0.5) is 5.69 Å². The van der Waals surface area contributed by atoms with Crippen LogP contribution in [-0.2, 0) is 18.3 Å². The highest BCUT2D eigenvalue weighted by molar-refractivity contribution is 7.99. The Morgan fingerprint density at radius 3 is 2.50 bits per heavy atom. The molecule has 0 bridgehead atoms. The molecule has 0 aliphatic heterocycles. The van der Waals surface area contributed by atoms with Crippen molar-refractivity contribution in [2.75, 3.05) is 11.1 Å². The minimum absolute atomic E-state index is 0.0429. The average Bonchev–Trinajstić information content (AvgIpc) is 3.17. The van der Waals surface area contributed by atoms with E-state index in [1.54, 1.807) is 16.7 Å². The van der Waals surface area contributed by atoms with Gasteiger partial charge in [0.2, 0.25) is 5.91 Å². The highest BCUT2D eigenvalue weighted by atomic mass is 35.5. The van der Waals surface area contributed by atoms with Gasteiger partial charge in [-0.2, -0.15) is 0 Å². The van der Waals surface area contributed by atoms with Crippen molar-refractivity contribution in [2.24, 2.45) is 13.0 Å². The lowest BCUT2D eigenvalue weighted by Crippen LogP contribution is -2.33. The normalized spacial score (nSPS) is 12.0. The second kappa shape index (κ2) is 11.7. The molecule has 34 heavy (non-hydrogen) atoms. The fourth-order valence-corrected chi connectivity index (χ4v) is 4.40. The fraction of sp³-hybridized carbons (Fsp3) is 0.333. The Morgan fingerprint density at radius 2 is 1.82 bits per heavy atom. The number of aryl methyl sites for hydroxylation is 1. The summed E-state index contributed by atoms with van der Waals surface area (Å²) in [5, 5.41) is 15.8. The molecule has 2 amide bonds. The summed E-state index contributed by atoms with van der Waals surface area (Å²) in [7, 11) is 1.82. The van der Waals surface area contributed by atoms with Gasteiger partial charge in [0.05, 0.1) is 21.8 Å². The summed E-state index contributed by atoms with van der Waals surface area (Å²) in [6, 6.07) is 12.1. The maximum atomic E-state index is 12.8. The second-order valence-corrected chi connectivity index (χ2v) is 9.83. The van der Waals surface area contributed by atoms with Gasteiger partial charge in [0.15, 0.2) is 11.0 Å². The van der Waals surface area contributed by atoms with Gasteiger partial charge in [-0.3, -0.25) is 9.59 Å². The van der Waals surface area contributed by atoms with Gasteiger partial charge in [-0.05, 0) is 42.2 Å². The Kier molecular flexibility index (Phi) is 8.99. The van der Waals surface area contributed by atoms with Crippen molar-refractivity contribution in [1.29, 1.82) is 0 Å². The standard InChI is InChI=1S/C24H27Cl2N5O2S/c1-5-15-8-6-7-9-19(15)27-20(32)13-34-24-30-29-22(31(24)4)21(14(2)3)28-23(33)16-10-11-17(25)18(26)12-16/h6-12,14,21H,5,13H2,1-4H3,(H,27,32)(H,28,33)/t21-/m0/s1. The maximum Gasteiger partial charge on any atom is 0.251 e. The summed E-state index contributed by atoms with van der Waals surface area (Å²) < 4.78 is 1.80. The number of anilines is 1. The number of hydrogen-bond acceptors (Lipinski definition) is 5. The third-order valence-corrected chi connectivity index (χ3v) is 7.05. The van der Waals surface area contributed by atoms with Crippen molar-refractivity contribution in [3.8, 4) is 0 Å². The zero-order valence-corrected chi connectivity index (χ0v) is 21.8. The van der Waals surface area contributed by atoms with E-state index in [9.17, 15) is 9.59 Å². The lowest BCUT2D eigenvalue weighted by molar-refractivity contribution is -0.113. The van der Waals surface area contributed by atoms with E-state index in [-0.39, 0.29) is 29.5 Å². The summed E-state index contributed by atoms with van der Waals surface area (Å²) in [6.45, 7) is 6.02. The average molecular weight is 520 g/mol. The first kappa shape index (κ1) is 26.1. The molecule has 0 aliphatic rings. The molecule has 0 unspecified atom stereocenters. The number of rotatable bonds is 9. The molecule has 0 saturated carbocycles. The highest BCUT2D eigenvalue weighted by Gasteiger charge is 2.25. The van der Waals surface area contributed by atoms with Crippen LogP contribution in [0.2, 0.25) is 10.0 Å². The molecule has 7 nitrogen and oxygen atoms in total. The smallest absolute Gasteiger partial charge is 0.251 e. The van der Waals surface area contributed by atoms with Gasteiger partial charge < -0.3 is 15.2 Å². The molecule has 0 aliphatic carbocycles. The molecule has 0 fully saturated rings. The number of nitrogens with one attached hydrogen (secondary N) is 2. The molecule has 10 heteroatoms. The molecule has 180 valence electrons. The van der Waals surface area contributed by atoms with E-state index in [0.29, 0.717) is 26.6 Å². The molecule has 1 heterocycles. The molecule has 2 N–H and O–H groups in total. The molecule has 0 saturated heterocycles. The number of nitrogens with zero attached hydrogens (tertiary/aromatic N) is 3. The van der Waals surface area contributed by atoms with Gasteiger partial charge in [-0.1, -0.05) is 73.9 Å². The first-order chi connectivity index (χ1) is 16.2. The molecule has 1 aromatic heterocycles. The second-order valence-electron chi connectivity index (χ2n) is 8.07. The summed E-state index contributed by atoms with van der Waals surface area (Å²) in [5.41, 5.74) is 2.30. The Labute approximate surface area is 213 Å². The van der Waals surface area contributed by atoms with E-state index < -0.39 is 0 Å². The van der Waals surface area contributed by atoms with Crippen LogP contribution in [0.25, 0.3) is 0 Å². The summed E-state index contributed by atoms with van der Waals surface area (Å²) in [6.07, 6.45) is 0.834. The van der Waals surface area contributed by atoms with Crippen LogP contribution in [0, 0.1) is 5.92 Å². The number of benzene rings is 2. The number of thioether (sulfide) groups is 1. The molecule has 0 spiro atoms. The molecule has 3 rings (SSSR count). The largest absolute Gasteiger partial charge is 0.342 e. The molecule has 3 aromatic rings. The van der Waals surface area contributed by atoms with Gasteiger partial charge in [-0.25, -0.2) is 0 Å². The zero-order valence-electron chi connectivity index (χ0n) is 19.4. The van der Waals surface area contributed by atoms with E-state index in [4.69, 9.17) is 23.2 Å². The third kappa shape index (κ3) is 6.31. The molecule has 0 radical (unpaired) electrons. The van der Waals surface area contributed by atoms with Gasteiger partial charge in [0, 0.05) is 18.3 Å². The van der Waals surface area contributed by atoms with Gasteiger partial charge in [0.1, 0.15) is 0 Å². The number of carbonyl (C=O) groups excluding carboxylic acids is 2. The van der Waals surface area contributed by atoms with Gasteiger partial charge >= 0.3 is 0 Å². The third-order valence-electron chi connectivity index (χ3n) is 5.29. The minimum atomic E-state index is -0.390. The van der Waals surface area contributed by atoms with Crippen LogP contribution < -0.4 is 10.6 Å². The van der Waals surface area contributed by atoms with Crippen molar-refractivity contribution < 1.29 is 9.59 Å². The number of aromatic nitrogens is 3. The highest BCUT2D eigenvalue weighted by Crippen LogP contribution is 2.26.